The second kappa shape index (κ2) is 6.04. The summed E-state index contributed by atoms with van der Waals surface area (Å²) in [6.07, 6.45) is 2.79. The molecule has 3 nitrogen and oxygen atoms in total. The molecule has 2 unspecified atom stereocenters. The highest BCUT2D eigenvalue weighted by Gasteiger charge is 2.38. The molecular formula is C16H23BrN2O. The van der Waals surface area contributed by atoms with Gasteiger partial charge in [0.15, 0.2) is 0 Å². The van der Waals surface area contributed by atoms with Crippen LogP contribution < -0.4 is 10.1 Å². The fraction of sp³-hybridized carbons (Fsp3) is 0.625. The number of rotatable bonds is 4. The number of piperazine rings is 1. The first-order chi connectivity index (χ1) is 9.67. The summed E-state index contributed by atoms with van der Waals surface area (Å²) < 4.78 is 6.64. The number of halogens is 1. The lowest BCUT2D eigenvalue weighted by Gasteiger charge is -2.40. The fourth-order valence-corrected chi connectivity index (χ4v) is 3.63. The second-order valence-corrected chi connectivity index (χ2v) is 7.02. The van der Waals surface area contributed by atoms with E-state index in [2.05, 4.69) is 45.2 Å². The lowest BCUT2D eigenvalue weighted by molar-refractivity contribution is 0.111. The normalized spacial score (nSPS) is 27.6. The van der Waals surface area contributed by atoms with Crippen molar-refractivity contribution in [2.45, 2.75) is 38.4 Å². The summed E-state index contributed by atoms with van der Waals surface area (Å²) in [6, 6.07) is 7.55. The molecule has 0 bridgehead atoms. The molecule has 1 aliphatic carbocycles. The molecule has 1 aliphatic heterocycles. The van der Waals surface area contributed by atoms with E-state index in [9.17, 15) is 0 Å². The zero-order chi connectivity index (χ0) is 14.1. The van der Waals surface area contributed by atoms with Gasteiger partial charge >= 0.3 is 0 Å². The molecule has 0 spiro atoms. The van der Waals surface area contributed by atoms with Crippen LogP contribution in [0.5, 0.6) is 5.75 Å². The number of nitrogens with zero attached hydrogens (tertiary/aromatic N) is 1. The van der Waals surface area contributed by atoms with Crippen molar-refractivity contribution in [3.05, 3.63) is 28.2 Å². The van der Waals surface area contributed by atoms with E-state index >= 15 is 0 Å². The Balaban J connectivity index is 1.78. The fourth-order valence-electron chi connectivity index (χ4n) is 3.22. The lowest BCUT2D eigenvalue weighted by Crippen LogP contribution is -2.55. The van der Waals surface area contributed by atoms with E-state index < -0.39 is 0 Å². The van der Waals surface area contributed by atoms with Gasteiger partial charge in [-0.3, -0.25) is 4.90 Å². The molecule has 1 heterocycles. The molecular weight excluding hydrogens is 316 g/mol. The largest absolute Gasteiger partial charge is 0.496 e. The van der Waals surface area contributed by atoms with Gasteiger partial charge < -0.3 is 10.1 Å². The average Bonchev–Trinajstić information content (AvgIpc) is 3.24. The molecule has 2 aliphatic rings. The monoisotopic (exact) mass is 338 g/mol. The molecule has 110 valence electrons. The summed E-state index contributed by atoms with van der Waals surface area (Å²) in [4.78, 5) is 2.64. The molecule has 1 N–H and O–H groups in total. The first kappa shape index (κ1) is 14.4. The molecule has 20 heavy (non-hydrogen) atoms. The third-order valence-corrected chi connectivity index (χ3v) is 4.93. The highest BCUT2D eigenvalue weighted by molar-refractivity contribution is 9.10. The van der Waals surface area contributed by atoms with Crippen molar-refractivity contribution in [2.24, 2.45) is 5.92 Å². The number of nitrogens with one attached hydrogen (secondary N) is 1. The van der Waals surface area contributed by atoms with E-state index in [0.717, 1.165) is 35.8 Å². The highest BCUT2D eigenvalue weighted by Crippen LogP contribution is 2.37. The molecule has 2 fully saturated rings. The first-order valence-electron chi connectivity index (χ1n) is 7.47. The summed E-state index contributed by atoms with van der Waals surface area (Å²) in [5, 5.41) is 3.63. The standard InChI is InChI=1S/C16H23BrN2O/c1-11-9-19(15(8-18-11)12-3-4-12)10-13-7-14(17)5-6-16(13)20-2/h5-7,11-12,15,18H,3-4,8-10H2,1-2H3. The van der Waals surface area contributed by atoms with Crippen molar-refractivity contribution in [1.29, 1.82) is 0 Å². The quantitative estimate of drug-likeness (QED) is 0.913. The molecule has 1 saturated heterocycles. The number of hydrogen-bond donors (Lipinski definition) is 1. The van der Waals surface area contributed by atoms with Crippen LogP contribution in [0.3, 0.4) is 0 Å². The average molecular weight is 339 g/mol. The van der Waals surface area contributed by atoms with Crippen molar-refractivity contribution in [1.82, 2.24) is 10.2 Å². The van der Waals surface area contributed by atoms with Crippen LogP contribution in [-0.4, -0.2) is 37.2 Å². The van der Waals surface area contributed by atoms with Gasteiger partial charge in [-0.15, -0.1) is 0 Å². The van der Waals surface area contributed by atoms with Gasteiger partial charge in [0.2, 0.25) is 0 Å². The smallest absolute Gasteiger partial charge is 0.123 e. The van der Waals surface area contributed by atoms with Crippen LogP contribution in [0.15, 0.2) is 22.7 Å². The predicted octanol–water partition coefficient (Wildman–Crippen LogP) is 3.03. The Morgan fingerprint density at radius 1 is 1.40 bits per heavy atom. The Kier molecular flexibility index (Phi) is 4.34. The zero-order valence-electron chi connectivity index (χ0n) is 12.2. The number of ether oxygens (including phenoxy) is 1. The Hall–Kier alpha value is -0.580. The molecule has 3 rings (SSSR count). The minimum atomic E-state index is 0.572. The molecule has 1 aromatic rings. The maximum absolute atomic E-state index is 5.52. The van der Waals surface area contributed by atoms with Crippen LogP contribution in [0.2, 0.25) is 0 Å². The van der Waals surface area contributed by atoms with Gasteiger partial charge in [0.05, 0.1) is 7.11 Å². The molecule has 2 atom stereocenters. The lowest BCUT2D eigenvalue weighted by atomic mass is 10.0. The van der Waals surface area contributed by atoms with Gasteiger partial charge in [0.25, 0.3) is 0 Å². The summed E-state index contributed by atoms with van der Waals surface area (Å²) >= 11 is 3.57. The van der Waals surface area contributed by atoms with Gasteiger partial charge in [0.1, 0.15) is 5.75 Å². The molecule has 0 aromatic heterocycles. The first-order valence-corrected chi connectivity index (χ1v) is 8.26. The van der Waals surface area contributed by atoms with E-state index in [1.54, 1.807) is 7.11 Å². The number of benzene rings is 1. The molecule has 4 heteroatoms. The maximum atomic E-state index is 5.52. The Labute approximate surface area is 129 Å². The van der Waals surface area contributed by atoms with Crippen LogP contribution in [0.25, 0.3) is 0 Å². The second-order valence-electron chi connectivity index (χ2n) is 6.10. The molecule has 1 saturated carbocycles. The van der Waals surface area contributed by atoms with Gasteiger partial charge in [-0.1, -0.05) is 15.9 Å². The minimum absolute atomic E-state index is 0.572. The van der Waals surface area contributed by atoms with Crippen molar-refractivity contribution < 1.29 is 4.74 Å². The topological polar surface area (TPSA) is 24.5 Å². The van der Waals surface area contributed by atoms with Crippen molar-refractivity contribution in [2.75, 3.05) is 20.2 Å². The summed E-state index contributed by atoms with van der Waals surface area (Å²) in [6.45, 7) is 5.50. The Bertz CT molecular complexity index is 476. The third kappa shape index (κ3) is 3.18. The van der Waals surface area contributed by atoms with Crippen molar-refractivity contribution in [3.8, 4) is 5.75 Å². The van der Waals surface area contributed by atoms with Gasteiger partial charge in [0, 0.05) is 41.8 Å². The van der Waals surface area contributed by atoms with E-state index in [1.165, 1.54) is 18.4 Å². The Morgan fingerprint density at radius 3 is 2.90 bits per heavy atom. The molecule has 0 amide bonds. The Morgan fingerprint density at radius 2 is 2.20 bits per heavy atom. The minimum Gasteiger partial charge on any atom is -0.496 e. The zero-order valence-corrected chi connectivity index (χ0v) is 13.8. The summed E-state index contributed by atoms with van der Waals surface area (Å²) in [5.41, 5.74) is 1.28. The van der Waals surface area contributed by atoms with Gasteiger partial charge in [-0.05, 0) is 43.9 Å². The van der Waals surface area contributed by atoms with Gasteiger partial charge in [-0.2, -0.15) is 0 Å². The number of hydrogen-bond acceptors (Lipinski definition) is 3. The highest BCUT2D eigenvalue weighted by atomic mass is 79.9. The third-order valence-electron chi connectivity index (χ3n) is 4.43. The SMILES string of the molecule is COc1ccc(Br)cc1CN1CC(C)NCC1C1CC1. The van der Waals surface area contributed by atoms with Crippen molar-refractivity contribution >= 4 is 15.9 Å². The van der Waals surface area contributed by atoms with Crippen LogP contribution >= 0.6 is 15.9 Å². The van der Waals surface area contributed by atoms with Crippen LogP contribution in [0.4, 0.5) is 0 Å². The van der Waals surface area contributed by atoms with E-state index in [1.807, 2.05) is 6.07 Å². The summed E-state index contributed by atoms with van der Waals surface area (Å²) in [7, 11) is 1.76. The number of methoxy groups -OCH3 is 1. The van der Waals surface area contributed by atoms with Crippen molar-refractivity contribution in [3.63, 3.8) is 0 Å². The van der Waals surface area contributed by atoms with E-state index in [0.29, 0.717) is 12.1 Å². The van der Waals surface area contributed by atoms with Crippen LogP contribution in [-0.2, 0) is 6.54 Å². The van der Waals surface area contributed by atoms with Crippen LogP contribution in [0, 0.1) is 5.92 Å². The van der Waals surface area contributed by atoms with E-state index in [-0.39, 0.29) is 0 Å². The predicted molar refractivity (Wildman–Crippen MR) is 85.1 cm³/mol. The maximum Gasteiger partial charge on any atom is 0.123 e. The van der Waals surface area contributed by atoms with Gasteiger partial charge in [-0.25, -0.2) is 0 Å². The van der Waals surface area contributed by atoms with Crippen LogP contribution in [0.1, 0.15) is 25.3 Å². The van der Waals surface area contributed by atoms with E-state index in [4.69, 9.17) is 4.74 Å². The molecule has 1 aromatic carbocycles. The molecule has 0 radical (unpaired) electrons. The summed E-state index contributed by atoms with van der Waals surface area (Å²) in [5.74, 6) is 1.89.